The molecule has 0 saturated heterocycles. The summed E-state index contributed by atoms with van der Waals surface area (Å²) < 4.78 is 6.12. The summed E-state index contributed by atoms with van der Waals surface area (Å²) in [7, 11) is 0. The van der Waals surface area contributed by atoms with E-state index in [-0.39, 0.29) is 6.10 Å². The first-order chi connectivity index (χ1) is 11.0. The molecular formula is C21H29ClO. The Balaban J connectivity index is 0.00000127. The Morgan fingerprint density at radius 2 is 1.57 bits per heavy atom. The van der Waals surface area contributed by atoms with Crippen molar-refractivity contribution in [3.63, 3.8) is 0 Å². The van der Waals surface area contributed by atoms with Crippen LogP contribution in [-0.4, -0.2) is 0 Å². The van der Waals surface area contributed by atoms with E-state index in [0.717, 1.165) is 17.0 Å². The SMILES string of the molecule is CC.CCC(OCc1ccc(C)cc1C)c1ccc(C)cc1Cl. The highest BCUT2D eigenvalue weighted by atomic mass is 35.5. The largest absolute Gasteiger partial charge is 0.369 e. The molecule has 0 heterocycles. The molecule has 1 nitrogen and oxygen atoms in total. The van der Waals surface area contributed by atoms with Crippen molar-refractivity contribution < 1.29 is 4.74 Å². The van der Waals surface area contributed by atoms with Crippen molar-refractivity contribution in [3.05, 3.63) is 69.2 Å². The highest BCUT2D eigenvalue weighted by Gasteiger charge is 2.14. The predicted molar refractivity (Wildman–Crippen MR) is 101 cm³/mol. The van der Waals surface area contributed by atoms with Crippen LogP contribution in [0.3, 0.4) is 0 Å². The molecule has 1 atom stereocenters. The molecule has 0 N–H and O–H groups in total. The van der Waals surface area contributed by atoms with Crippen molar-refractivity contribution in [1.82, 2.24) is 0 Å². The summed E-state index contributed by atoms with van der Waals surface area (Å²) in [5.41, 5.74) is 6.05. The third kappa shape index (κ3) is 5.67. The first-order valence-corrected chi connectivity index (χ1v) is 8.82. The minimum absolute atomic E-state index is 0.0406. The van der Waals surface area contributed by atoms with Crippen LogP contribution < -0.4 is 0 Å². The van der Waals surface area contributed by atoms with Gasteiger partial charge in [0.2, 0.25) is 0 Å². The van der Waals surface area contributed by atoms with Crippen molar-refractivity contribution in [2.45, 2.75) is 60.7 Å². The molecule has 23 heavy (non-hydrogen) atoms. The molecule has 0 fully saturated rings. The van der Waals surface area contributed by atoms with Crippen LogP contribution in [0, 0.1) is 20.8 Å². The molecule has 0 amide bonds. The van der Waals surface area contributed by atoms with Crippen molar-refractivity contribution in [2.75, 3.05) is 0 Å². The van der Waals surface area contributed by atoms with Crippen molar-refractivity contribution in [1.29, 1.82) is 0 Å². The molecule has 2 aromatic rings. The fraction of sp³-hybridized carbons (Fsp3) is 0.429. The maximum Gasteiger partial charge on any atom is 0.0841 e. The number of hydrogen-bond acceptors (Lipinski definition) is 1. The first-order valence-electron chi connectivity index (χ1n) is 8.45. The smallest absolute Gasteiger partial charge is 0.0841 e. The lowest BCUT2D eigenvalue weighted by Gasteiger charge is -2.19. The van der Waals surface area contributed by atoms with Gasteiger partial charge in [0.05, 0.1) is 12.7 Å². The Labute approximate surface area is 146 Å². The van der Waals surface area contributed by atoms with Gasteiger partial charge in [0.15, 0.2) is 0 Å². The zero-order chi connectivity index (χ0) is 17.4. The molecule has 0 radical (unpaired) electrons. The molecule has 0 spiro atoms. The van der Waals surface area contributed by atoms with Crippen LogP contribution in [0.5, 0.6) is 0 Å². The third-order valence-electron chi connectivity index (χ3n) is 3.81. The monoisotopic (exact) mass is 332 g/mol. The highest BCUT2D eigenvalue weighted by molar-refractivity contribution is 6.31. The number of ether oxygens (including phenoxy) is 1. The zero-order valence-corrected chi connectivity index (χ0v) is 16.0. The van der Waals surface area contributed by atoms with Crippen LogP contribution in [-0.2, 0) is 11.3 Å². The van der Waals surface area contributed by atoms with Crippen LogP contribution in [0.2, 0.25) is 5.02 Å². The number of aryl methyl sites for hydroxylation is 3. The van der Waals surface area contributed by atoms with Gasteiger partial charge in [0, 0.05) is 5.02 Å². The van der Waals surface area contributed by atoms with Crippen LogP contribution >= 0.6 is 11.6 Å². The van der Waals surface area contributed by atoms with E-state index >= 15 is 0 Å². The second-order valence-corrected chi connectivity index (χ2v) is 6.07. The number of hydrogen-bond donors (Lipinski definition) is 0. The topological polar surface area (TPSA) is 9.23 Å². The average Bonchev–Trinajstić information content (AvgIpc) is 2.53. The van der Waals surface area contributed by atoms with E-state index in [1.807, 2.05) is 26.8 Å². The number of benzene rings is 2. The van der Waals surface area contributed by atoms with Gasteiger partial charge in [-0.25, -0.2) is 0 Å². The van der Waals surface area contributed by atoms with Crippen LogP contribution in [0.1, 0.15) is 61.1 Å². The van der Waals surface area contributed by atoms with E-state index in [2.05, 4.69) is 51.1 Å². The maximum absolute atomic E-state index is 6.36. The van der Waals surface area contributed by atoms with Crippen molar-refractivity contribution in [3.8, 4) is 0 Å². The van der Waals surface area contributed by atoms with Gasteiger partial charge >= 0.3 is 0 Å². The Hall–Kier alpha value is -1.31. The van der Waals surface area contributed by atoms with Crippen LogP contribution in [0.15, 0.2) is 36.4 Å². The molecule has 0 saturated carbocycles. The van der Waals surface area contributed by atoms with Gasteiger partial charge in [-0.2, -0.15) is 0 Å². The summed E-state index contributed by atoms with van der Waals surface area (Å²) in [5, 5.41) is 0.794. The summed E-state index contributed by atoms with van der Waals surface area (Å²) in [6.07, 6.45) is 0.951. The average molecular weight is 333 g/mol. The summed E-state index contributed by atoms with van der Waals surface area (Å²) in [5.74, 6) is 0. The molecule has 0 aliphatic rings. The molecule has 0 aliphatic carbocycles. The summed E-state index contributed by atoms with van der Waals surface area (Å²) >= 11 is 6.36. The Morgan fingerprint density at radius 3 is 2.13 bits per heavy atom. The lowest BCUT2D eigenvalue weighted by molar-refractivity contribution is 0.0369. The molecular weight excluding hydrogens is 304 g/mol. The fourth-order valence-electron chi connectivity index (χ4n) is 2.52. The van der Waals surface area contributed by atoms with Gasteiger partial charge < -0.3 is 4.74 Å². The molecule has 2 rings (SSSR count). The molecule has 2 aromatic carbocycles. The van der Waals surface area contributed by atoms with Gasteiger partial charge in [-0.05, 0) is 55.5 Å². The first kappa shape index (κ1) is 19.7. The quantitative estimate of drug-likeness (QED) is 0.575. The van der Waals surface area contributed by atoms with E-state index in [1.165, 1.54) is 22.3 Å². The Bertz CT molecular complexity index is 619. The predicted octanol–water partition coefficient (Wildman–Crippen LogP) is 6.96. The standard InChI is InChI=1S/C19H23ClO.C2H6/c1-5-19(17-9-7-14(3)11-18(17)20)21-12-16-8-6-13(2)10-15(16)4;1-2/h6-11,19H,5,12H2,1-4H3;1-2H3. The van der Waals surface area contributed by atoms with Gasteiger partial charge in [0.25, 0.3) is 0 Å². The zero-order valence-electron chi connectivity index (χ0n) is 15.2. The van der Waals surface area contributed by atoms with Crippen molar-refractivity contribution in [2.24, 2.45) is 0 Å². The minimum atomic E-state index is 0.0406. The second kappa shape index (κ2) is 9.75. The van der Waals surface area contributed by atoms with E-state index < -0.39 is 0 Å². The van der Waals surface area contributed by atoms with Gasteiger partial charge in [-0.3, -0.25) is 0 Å². The van der Waals surface area contributed by atoms with E-state index in [9.17, 15) is 0 Å². The van der Waals surface area contributed by atoms with Crippen LogP contribution in [0.4, 0.5) is 0 Å². The summed E-state index contributed by atoms with van der Waals surface area (Å²) in [6.45, 7) is 13.0. The minimum Gasteiger partial charge on any atom is -0.369 e. The van der Waals surface area contributed by atoms with Gasteiger partial charge in [0.1, 0.15) is 0 Å². The highest BCUT2D eigenvalue weighted by Crippen LogP contribution is 2.30. The van der Waals surface area contributed by atoms with Crippen LogP contribution in [0.25, 0.3) is 0 Å². The summed E-state index contributed by atoms with van der Waals surface area (Å²) in [6, 6.07) is 12.6. The number of halogens is 1. The van der Waals surface area contributed by atoms with E-state index in [1.54, 1.807) is 0 Å². The lowest BCUT2D eigenvalue weighted by Crippen LogP contribution is -2.05. The van der Waals surface area contributed by atoms with Gasteiger partial charge in [-0.1, -0.05) is 68.3 Å². The van der Waals surface area contributed by atoms with Crippen molar-refractivity contribution >= 4 is 11.6 Å². The maximum atomic E-state index is 6.36. The Kier molecular flexibility index (Phi) is 8.36. The second-order valence-electron chi connectivity index (χ2n) is 5.66. The number of rotatable bonds is 5. The molecule has 0 aliphatic heterocycles. The van der Waals surface area contributed by atoms with Gasteiger partial charge in [-0.15, -0.1) is 0 Å². The lowest BCUT2D eigenvalue weighted by atomic mass is 10.0. The van der Waals surface area contributed by atoms with E-state index in [0.29, 0.717) is 6.61 Å². The Morgan fingerprint density at radius 1 is 0.957 bits per heavy atom. The molecule has 2 heteroatoms. The molecule has 126 valence electrons. The third-order valence-corrected chi connectivity index (χ3v) is 4.14. The van der Waals surface area contributed by atoms with E-state index in [4.69, 9.17) is 16.3 Å². The molecule has 0 aromatic heterocycles. The normalized spacial score (nSPS) is 11.6. The molecule has 1 unspecified atom stereocenters. The molecule has 0 bridgehead atoms. The summed E-state index contributed by atoms with van der Waals surface area (Å²) in [4.78, 5) is 0. The fourth-order valence-corrected chi connectivity index (χ4v) is 2.88.